The second-order valence-corrected chi connectivity index (χ2v) is 2.27. The fraction of sp³-hybridized carbons (Fsp3) is 0.778. The molecule has 5 nitrogen and oxygen atoms in total. The van der Waals surface area contributed by atoms with Crippen LogP contribution in [0.25, 0.3) is 0 Å². The summed E-state index contributed by atoms with van der Waals surface area (Å²) in [7, 11) is 0. The van der Waals surface area contributed by atoms with Crippen LogP contribution in [0.3, 0.4) is 0 Å². The van der Waals surface area contributed by atoms with Gasteiger partial charge >= 0.3 is 5.91 Å². The van der Waals surface area contributed by atoms with Crippen molar-refractivity contribution in [3.05, 3.63) is 6.61 Å². The van der Waals surface area contributed by atoms with Crippen molar-refractivity contribution in [2.24, 2.45) is 4.99 Å². The highest BCUT2D eigenvalue weighted by atomic mass is 16.7. The summed E-state index contributed by atoms with van der Waals surface area (Å²) in [6, 6.07) is 0. The van der Waals surface area contributed by atoms with Crippen LogP contribution in [0.4, 0.5) is 0 Å². The summed E-state index contributed by atoms with van der Waals surface area (Å²) < 4.78 is 15.4. The van der Waals surface area contributed by atoms with Gasteiger partial charge in [-0.2, -0.15) is 0 Å². The van der Waals surface area contributed by atoms with E-state index in [4.69, 9.17) is 14.2 Å². The molecule has 0 saturated carbocycles. The molecule has 0 bridgehead atoms. The highest BCUT2D eigenvalue weighted by molar-refractivity contribution is 5.34. The normalized spacial score (nSPS) is 11.1. The van der Waals surface area contributed by atoms with Crippen LogP contribution in [0, 0.1) is 6.61 Å². The number of isocyanates is 1. The average Bonchev–Trinajstić information content (AvgIpc) is 2.16. The average molecular weight is 202 g/mol. The molecule has 0 amide bonds. The second kappa shape index (κ2) is 7.64. The fourth-order valence-corrected chi connectivity index (χ4v) is 0.866. The van der Waals surface area contributed by atoms with Crippen LogP contribution in [-0.4, -0.2) is 31.8 Å². The molecule has 0 aromatic rings. The number of hydrogen-bond donors (Lipinski definition) is 0. The number of nitrogens with zero attached hydrogens (tertiary/aromatic N) is 1. The van der Waals surface area contributed by atoms with Crippen molar-refractivity contribution in [2.75, 3.05) is 19.8 Å². The van der Waals surface area contributed by atoms with E-state index in [2.05, 4.69) is 4.99 Å². The van der Waals surface area contributed by atoms with E-state index in [0.717, 1.165) is 0 Å². The Morgan fingerprint density at radius 3 is 2.14 bits per heavy atom. The van der Waals surface area contributed by atoms with Crippen molar-refractivity contribution in [1.82, 2.24) is 0 Å². The van der Waals surface area contributed by atoms with Crippen LogP contribution in [0.1, 0.15) is 20.8 Å². The maximum Gasteiger partial charge on any atom is 0.310 e. The lowest BCUT2D eigenvalue weighted by molar-refractivity contribution is -0.227. The predicted molar refractivity (Wildman–Crippen MR) is 50.0 cm³/mol. The van der Waals surface area contributed by atoms with E-state index in [1.807, 2.05) is 6.92 Å². The van der Waals surface area contributed by atoms with Crippen molar-refractivity contribution >= 4 is 6.08 Å². The topological polar surface area (TPSA) is 57.1 Å². The Labute approximate surface area is 84.1 Å². The molecular weight excluding hydrogens is 186 g/mol. The van der Waals surface area contributed by atoms with E-state index in [1.165, 1.54) is 12.7 Å². The van der Waals surface area contributed by atoms with Crippen molar-refractivity contribution in [3.63, 3.8) is 0 Å². The van der Waals surface area contributed by atoms with Gasteiger partial charge < -0.3 is 14.2 Å². The first-order valence-corrected chi connectivity index (χ1v) is 4.57. The van der Waals surface area contributed by atoms with Gasteiger partial charge in [0.2, 0.25) is 6.08 Å². The quantitative estimate of drug-likeness (QED) is 0.337. The summed E-state index contributed by atoms with van der Waals surface area (Å²) in [6.45, 7) is 7.77. The number of rotatable bonds is 8. The minimum absolute atomic E-state index is 0.356. The number of ether oxygens (including phenoxy) is 3. The molecule has 0 rings (SSSR count). The number of aliphatic imine (C=N–C) groups is 1. The summed E-state index contributed by atoms with van der Waals surface area (Å²) in [5, 5.41) is 0. The van der Waals surface area contributed by atoms with Crippen LogP contribution in [-0.2, 0) is 19.0 Å². The molecule has 0 aromatic carbocycles. The Hall–Kier alpha value is -0.740. The van der Waals surface area contributed by atoms with Gasteiger partial charge in [-0.05, 0) is 20.8 Å². The third-order valence-electron chi connectivity index (χ3n) is 1.30. The van der Waals surface area contributed by atoms with Gasteiger partial charge in [0.25, 0.3) is 0 Å². The Morgan fingerprint density at radius 1 is 1.21 bits per heavy atom. The molecule has 0 aliphatic rings. The van der Waals surface area contributed by atoms with E-state index < -0.39 is 5.91 Å². The van der Waals surface area contributed by atoms with Crippen LogP contribution < -0.4 is 0 Å². The van der Waals surface area contributed by atoms with Gasteiger partial charge in [0.15, 0.2) is 6.61 Å². The number of carbonyl (C=O) groups excluding carboxylic acids is 1. The van der Waals surface area contributed by atoms with Gasteiger partial charge in [-0.15, -0.1) is 4.99 Å². The molecule has 0 aliphatic carbocycles. The summed E-state index contributed by atoms with van der Waals surface area (Å²) in [5.74, 6) is -1.44. The van der Waals surface area contributed by atoms with E-state index >= 15 is 0 Å². The van der Waals surface area contributed by atoms with Gasteiger partial charge in [-0.3, -0.25) is 0 Å². The minimum atomic E-state index is -1.44. The molecule has 0 aromatic heterocycles. The van der Waals surface area contributed by atoms with Crippen LogP contribution in [0.2, 0.25) is 0 Å². The molecule has 81 valence electrons. The molecule has 0 saturated heterocycles. The number of hydrogen-bond acceptors (Lipinski definition) is 5. The first-order valence-electron chi connectivity index (χ1n) is 4.57. The SMILES string of the molecule is CCO[CH]C(N=C=O)(OCC)OCC. The molecule has 0 heterocycles. The zero-order valence-corrected chi connectivity index (χ0v) is 8.78. The van der Waals surface area contributed by atoms with Crippen LogP contribution in [0.15, 0.2) is 4.99 Å². The molecule has 0 N–H and O–H groups in total. The molecule has 0 spiro atoms. The Balaban J connectivity index is 4.45. The zero-order chi connectivity index (χ0) is 10.9. The summed E-state index contributed by atoms with van der Waals surface area (Å²) in [6.07, 6.45) is 1.40. The van der Waals surface area contributed by atoms with Crippen molar-refractivity contribution < 1.29 is 19.0 Å². The Morgan fingerprint density at radius 2 is 1.79 bits per heavy atom. The van der Waals surface area contributed by atoms with E-state index in [1.54, 1.807) is 13.8 Å². The highest BCUT2D eigenvalue weighted by Gasteiger charge is 2.32. The summed E-state index contributed by atoms with van der Waals surface area (Å²) in [4.78, 5) is 13.6. The molecule has 0 fully saturated rings. The summed E-state index contributed by atoms with van der Waals surface area (Å²) in [5.41, 5.74) is 0. The summed E-state index contributed by atoms with van der Waals surface area (Å²) >= 11 is 0. The smallest absolute Gasteiger partial charge is 0.310 e. The maximum atomic E-state index is 10.2. The van der Waals surface area contributed by atoms with Crippen LogP contribution >= 0.6 is 0 Å². The standard InChI is InChI=1S/C9H16NO4/c1-4-12-7-9(10-8-11,13-5-2)14-6-3/h7H,4-6H2,1-3H3. The Kier molecular flexibility index (Phi) is 7.24. The largest absolute Gasteiger partial charge is 0.368 e. The molecular formula is C9H16NO4. The predicted octanol–water partition coefficient (Wildman–Crippen LogP) is 1.25. The third kappa shape index (κ3) is 4.48. The zero-order valence-electron chi connectivity index (χ0n) is 8.78. The van der Waals surface area contributed by atoms with Crippen molar-refractivity contribution in [3.8, 4) is 0 Å². The van der Waals surface area contributed by atoms with E-state index in [9.17, 15) is 4.79 Å². The molecule has 0 aliphatic heterocycles. The molecule has 0 atom stereocenters. The second-order valence-electron chi connectivity index (χ2n) is 2.27. The first kappa shape index (κ1) is 13.3. The lowest BCUT2D eigenvalue weighted by atomic mass is 10.5. The van der Waals surface area contributed by atoms with Crippen molar-refractivity contribution in [1.29, 1.82) is 0 Å². The van der Waals surface area contributed by atoms with E-state index in [0.29, 0.717) is 19.8 Å². The van der Waals surface area contributed by atoms with Crippen LogP contribution in [0.5, 0.6) is 0 Å². The van der Waals surface area contributed by atoms with E-state index in [-0.39, 0.29) is 0 Å². The van der Waals surface area contributed by atoms with Gasteiger partial charge in [-0.1, -0.05) is 0 Å². The monoisotopic (exact) mass is 202 g/mol. The lowest BCUT2D eigenvalue weighted by Crippen LogP contribution is -2.35. The minimum Gasteiger partial charge on any atom is -0.368 e. The Bertz CT molecular complexity index is 183. The highest BCUT2D eigenvalue weighted by Crippen LogP contribution is 2.19. The first-order chi connectivity index (χ1) is 6.74. The van der Waals surface area contributed by atoms with Gasteiger partial charge in [-0.25, -0.2) is 4.79 Å². The van der Waals surface area contributed by atoms with Crippen molar-refractivity contribution in [2.45, 2.75) is 26.7 Å². The lowest BCUT2D eigenvalue weighted by Gasteiger charge is -2.25. The van der Waals surface area contributed by atoms with Gasteiger partial charge in [0.1, 0.15) is 0 Å². The fourth-order valence-electron chi connectivity index (χ4n) is 0.866. The third-order valence-corrected chi connectivity index (χ3v) is 1.30. The molecule has 1 radical (unpaired) electrons. The molecule has 5 heteroatoms. The maximum absolute atomic E-state index is 10.2. The van der Waals surface area contributed by atoms with Gasteiger partial charge in [0.05, 0.1) is 0 Å². The molecule has 14 heavy (non-hydrogen) atoms. The molecule has 0 unspecified atom stereocenters. The van der Waals surface area contributed by atoms with Gasteiger partial charge in [0, 0.05) is 19.8 Å².